The quantitative estimate of drug-likeness (QED) is 0.861. The molecular weight excluding hydrogens is 338 g/mol. The topological polar surface area (TPSA) is 54.5 Å². The molecule has 5 nitrogen and oxygen atoms in total. The molecule has 0 atom stereocenters. The molecule has 1 aliphatic heterocycles. The number of halogens is 1. The van der Waals surface area contributed by atoms with Crippen molar-refractivity contribution in [1.29, 1.82) is 0 Å². The molecule has 1 fully saturated rings. The summed E-state index contributed by atoms with van der Waals surface area (Å²) in [4.78, 5) is 18.7. The molecule has 0 aliphatic carbocycles. The second-order valence-corrected chi connectivity index (χ2v) is 6.40. The molecule has 0 saturated carbocycles. The van der Waals surface area contributed by atoms with Crippen molar-refractivity contribution in [2.75, 3.05) is 31.2 Å². The maximum Gasteiger partial charge on any atom is 0.220 e. The van der Waals surface area contributed by atoms with E-state index in [-0.39, 0.29) is 5.91 Å². The Balaban J connectivity index is 1.49. The molecule has 1 saturated heterocycles. The fourth-order valence-corrected chi connectivity index (χ4v) is 2.97. The lowest BCUT2D eigenvalue weighted by Gasteiger charge is -2.28. The van der Waals surface area contributed by atoms with Gasteiger partial charge in [0.25, 0.3) is 0 Å². The molecular formula is C19H22ClN3O2. The van der Waals surface area contributed by atoms with Crippen molar-refractivity contribution in [3.05, 3.63) is 58.7 Å². The molecule has 0 radical (unpaired) electrons. The van der Waals surface area contributed by atoms with Crippen LogP contribution in [-0.2, 0) is 22.5 Å². The number of benzene rings is 1. The van der Waals surface area contributed by atoms with Gasteiger partial charge in [0.1, 0.15) is 5.82 Å². The van der Waals surface area contributed by atoms with Crippen LogP contribution in [0, 0.1) is 0 Å². The fraction of sp³-hybridized carbons (Fsp3) is 0.368. The second-order valence-electron chi connectivity index (χ2n) is 5.99. The van der Waals surface area contributed by atoms with Crippen LogP contribution >= 0.6 is 11.6 Å². The van der Waals surface area contributed by atoms with Crippen molar-refractivity contribution in [1.82, 2.24) is 10.3 Å². The van der Waals surface area contributed by atoms with Crippen LogP contribution in [0.25, 0.3) is 0 Å². The number of hydrogen-bond acceptors (Lipinski definition) is 4. The molecule has 0 bridgehead atoms. The number of nitrogens with zero attached hydrogens (tertiary/aromatic N) is 2. The van der Waals surface area contributed by atoms with E-state index in [0.29, 0.717) is 24.4 Å². The van der Waals surface area contributed by atoms with Crippen LogP contribution in [0.5, 0.6) is 0 Å². The molecule has 25 heavy (non-hydrogen) atoms. The van der Waals surface area contributed by atoms with Gasteiger partial charge in [-0.05, 0) is 35.7 Å². The minimum Gasteiger partial charge on any atom is -0.378 e. The molecule has 0 unspecified atom stereocenters. The summed E-state index contributed by atoms with van der Waals surface area (Å²) in [6.45, 7) is 3.63. The number of pyridine rings is 1. The van der Waals surface area contributed by atoms with Crippen LogP contribution in [-0.4, -0.2) is 37.2 Å². The molecule has 2 aromatic rings. The van der Waals surface area contributed by atoms with E-state index in [1.807, 2.05) is 36.5 Å². The number of hydrogen-bond donors (Lipinski definition) is 1. The molecule has 132 valence electrons. The van der Waals surface area contributed by atoms with E-state index in [4.69, 9.17) is 16.3 Å². The highest BCUT2D eigenvalue weighted by atomic mass is 35.5. The third-order valence-corrected chi connectivity index (χ3v) is 4.59. The van der Waals surface area contributed by atoms with Gasteiger partial charge in [-0.15, -0.1) is 0 Å². The highest BCUT2D eigenvalue weighted by Gasteiger charge is 2.13. The molecule has 1 aromatic carbocycles. The number of carbonyl (C=O) groups excluding carboxylic acids is 1. The predicted octanol–water partition coefficient (Wildman–Crippen LogP) is 2.82. The van der Waals surface area contributed by atoms with E-state index < -0.39 is 0 Å². The highest BCUT2D eigenvalue weighted by molar-refractivity contribution is 6.31. The number of nitrogens with one attached hydrogen (secondary N) is 1. The SMILES string of the molecule is O=C(CCc1ccnc(N2CCOCC2)c1)NCc1ccccc1Cl. The Bertz CT molecular complexity index is 717. The number of rotatable bonds is 6. The average molecular weight is 360 g/mol. The van der Waals surface area contributed by atoms with Crippen LogP contribution in [0.1, 0.15) is 17.5 Å². The Morgan fingerprint density at radius 3 is 2.84 bits per heavy atom. The molecule has 0 spiro atoms. The van der Waals surface area contributed by atoms with Gasteiger partial charge in [0.05, 0.1) is 13.2 Å². The number of morpholine rings is 1. The minimum atomic E-state index is 0.0182. The zero-order valence-corrected chi connectivity index (χ0v) is 14.8. The van der Waals surface area contributed by atoms with E-state index in [0.717, 1.165) is 43.2 Å². The smallest absolute Gasteiger partial charge is 0.220 e. The third kappa shape index (κ3) is 5.18. The Labute approximate surface area is 153 Å². The standard InChI is InChI=1S/C19H22ClN3O2/c20-17-4-2-1-3-16(17)14-22-19(24)6-5-15-7-8-21-18(13-15)23-9-11-25-12-10-23/h1-4,7-8,13H,5-6,9-12,14H2,(H,22,24). The number of ether oxygens (including phenoxy) is 1. The summed E-state index contributed by atoms with van der Waals surface area (Å²) in [6, 6.07) is 11.6. The maximum atomic E-state index is 12.1. The molecule has 2 heterocycles. The lowest BCUT2D eigenvalue weighted by Crippen LogP contribution is -2.36. The Kier molecular flexibility index (Phi) is 6.25. The van der Waals surface area contributed by atoms with E-state index in [9.17, 15) is 4.79 Å². The normalized spacial score (nSPS) is 14.4. The Morgan fingerprint density at radius 1 is 1.24 bits per heavy atom. The number of aromatic nitrogens is 1. The maximum absolute atomic E-state index is 12.1. The number of aryl methyl sites for hydroxylation is 1. The van der Waals surface area contributed by atoms with Gasteiger partial charge in [-0.3, -0.25) is 4.79 Å². The first kappa shape index (κ1) is 17.7. The van der Waals surface area contributed by atoms with E-state index >= 15 is 0 Å². The van der Waals surface area contributed by atoms with Gasteiger partial charge >= 0.3 is 0 Å². The largest absolute Gasteiger partial charge is 0.378 e. The summed E-state index contributed by atoms with van der Waals surface area (Å²) in [5.74, 6) is 0.974. The zero-order valence-electron chi connectivity index (χ0n) is 14.1. The molecule has 1 aliphatic rings. The van der Waals surface area contributed by atoms with E-state index in [1.54, 1.807) is 0 Å². The van der Waals surface area contributed by atoms with E-state index in [2.05, 4.69) is 21.3 Å². The zero-order chi connectivity index (χ0) is 17.5. The summed E-state index contributed by atoms with van der Waals surface area (Å²) in [5.41, 5.74) is 2.04. The molecule has 6 heteroatoms. The minimum absolute atomic E-state index is 0.0182. The number of anilines is 1. The van der Waals surface area contributed by atoms with Gasteiger partial charge in [0.2, 0.25) is 5.91 Å². The van der Waals surface area contributed by atoms with Crippen LogP contribution in [0.2, 0.25) is 5.02 Å². The van der Waals surface area contributed by atoms with Gasteiger partial charge in [0, 0.05) is 37.3 Å². The van der Waals surface area contributed by atoms with Crippen molar-refractivity contribution < 1.29 is 9.53 Å². The van der Waals surface area contributed by atoms with Gasteiger partial charge in [-0.1, -0.05) is 29.8 Å². The fourth-order valence-electron chi connectivity index (χ4n) is 2.76. The number of amides is 1. The summed E-state index contributed by atoms with van der Waals surface area (Å²) >= 11 is 6.10. The monoisotopic (exact) mass is 359 g/mol. The van der Waals surface area contributed by atoms with Crippen LogP contribution in [0.15, 0.2) is 42.6 Å². The molecule has 1 amide bonds. The number of carbonyl (C=O) groups is 1. The second kappa shape index (κ2) is 8.83. The summed E-state index contributed by atoms with van der Waals surface area (Å²) < 4.78 is 5.37. The summed E-state index contributed by atoms with van der Waals surface area (Å²) in [7, 11) is 0. The van der Waals surface area contributed by atoms with Gasteiger partial charge < -0.3 is 15.0 Å². The first-order chi connectivity index (χ1) is 12.2. The lowest BCUT2D eigenvalue weighted by molar-refractivity contribution is -0.121. The van der Waals surface area contributed by atoms with Crippen molar-refractivity contribution >= 4 is 23.3 Å². The molecule has 1 aromatic heterocycles. The summed E-state index contributed by atoms with van der Waals surface area (Å²) in [6.07, 6.45) is 2.94. The van der Waals surface area contributed by atoms with Crippen molar-refractivity contribution in [2.45, 2.75) is 19.4 Å². The molecule has 1 N–H and O–H groups in total. The van der Waals surface area contributed by atoms with Gasteiger partial charge in [0.15, 0.2) is 0 Å². The van der Waals surface area contributed by atoms with Crippen molar-refractivity contribution in [3.8, 4) is 0 Å². The molecule has 3 rings (SSSR count). The lowest BCUT2D eigenvalue weighted by atomic mass is 10.1. The highest BCUT2D eigenvalue weighted by Crippen LogP contribution is 2.16. The van der Waals surface area contributed by atoms with Crippen molar-refractivity contribution in [2.24, 2.45) is 0 Å². The Hall–Kier alpha value is -2.11. The van der Waals surface area contributed by atoms with Crippen LogP contribution in [0.4, 0.5) is 5.82 Å². The predicted molar refractivity (Wildman–Crippen MR) is 98.9 cm³/mol. The average Bonchev–Trinajstić information content (AvgIpc) is 2.67. The van der Waals surface area contributed by atoms with Crippen LogP contribution in [0.3, 0.4) is 0 Å². The van der Waals surface area contributed by atoms with Crippen molar-refractivity contribution in [3.63, 3.8) is 0 Å². The van der Waals surface area contributed by atoms with E-state index in [1.165, 1.54) is 0 Å². The Morgan fingerprint density at radius 2 is 2.04 bits per heavy atom. The first-order valence-corrected chi connectivity index (χ1v) is 8.88. The van der Waals surface area contributed by atoms with Crippen LogP contribution < -0.4 is 10.2 Å². The first-order valence-electron chi connectivity index (χ1n) is 8.50. The summed E-state index contributed by atoms with van der Waals surface area (Å²) in [5, 5.41) is 3.60. The third-order valence-electron chi connectivity index (χ3n) is 4.22. The van der Waals surface area contributed by atoms with Gasteiger partial charge in [-0.25, -0.2) is 4.98 Å². The van der Waals surface area contributed by atoms with Gasteiger partial charge in [-0.2, -0.15) is 0 Å².